The summed E-state index contributed by atoms with van der Waals surface area (Å²) in [5.41, 5.74) is 1.32. The Morgan fingerprint density at radius 1 is 1.38 bits per heavy atom. The van der Waals surface area contributed by atoms with Gasteiger partial charge in [0.2, 0.25) is 5.91 Å². The number of rotatable bonds is 4. The van der Waals surface area contributed by atoms with Crippen LogP contribution in [0.15, 0.2) is 30.5 Å². The highest BCUT2D eigenvalue weighted by Crippen LogP contribution is 2.26. The fourth-order valence-electron chi connectivity index (χ4n) is 2.79. The number of carbonyl (C=O) groups excluding carboxylic acids is 1. The predicted octanol–water partition coefficient (Wildman–Crippen LogP) is 2.43. The second-order valence-electron chi connectivity index (χ2n) is 5.37. The maximum atomic E-state index is 13.8. The van der Waals surface area contributed by atoms with E-state index in [-0.39, 0.29) is 11.7 Å². The minimum absolute atomic E-state index is 0.231. The van der Waals surface area contributed by atoms with Gasteiger partial charge in [0.25, 0.3) is 0 Å². The monoisotopic (exact) mass is 287 g/mol. The number of hydrogen-bond donors (Lipinski definition) is 0. The van der Waals surface area contributed by atoms with Gasteiger partial charge in [-0.25, -0.2) is 4.39 Å². The largest absolute Gasteiger partial charge is 0.372 e. The maximum absolute atomic E-state index is 13.8. The second-order valence-corrected chi connectivity index (χ2v) is 5.37. The van der Waals surface area contributed by atoms with Crippen molar-refractivity contribution in [1.29, 1.82) is 0 Å². The summed E-state index contributed by atoms with van der Waals surface area (Å²) in [5.74, 6) is -0.0773. The number of carbonyl (C=O) groups is 1. The minimum Gasteiger partial charge on any atom is -0.372 e. The van der Waals surface area contributed by atoms with Gasteiger partial charge in [-0.3, -0.25) is 9.78 Å². The molecule has 0 aliphatic carbocycles. The SMILES string of the molecule is CN(CCN1CCCC1=O)c1ccnc2c(F)cccc12. The molecular weight excluding hydrogens is 269 g/mol. The standard InChI is InChI=1S/C16H18FN3O/c1-19(10-11-20-9-3-6-15(20)21)14-7-8-18-16-12(14)4-2-5-13(16)17/h2,4-5,7-8H,3,6,9-11H2,1H3. The van der Waals surface area contributed by atoms with Crippen molar-refractivity contribution in [1.82, 2.24) is 9.88 Å². The van der Waals surface area contributed by atoms with Gasteiger partial charge in [0, 0.05) is 50.4 Å². The lowest BCUT2D eigenvalue weighted by molar-refractivity contribution is -0.127. The van der Waals surface area contributed by atoms with E-state index in [1.54, 1.807) is 12.3 Å². The van der Waals surface area contributed by atoms with Gasteiger partial charge in [-0.2, -0.15) is 0 Å². The molecule has 4 nitrogen and oxygen atoms in total. The van der Waals surface area contributed by atoms with Crippen LogP contribution in [-0.2, 0) is 4.79 Å². The lowest BCUT2D eigenvalue weighted by Gasteiger charge is -2.24. The van der Waals surface area contributed by atoms with Crippen LogP contribution in [0.25, 0.3) is 10.9 Å². The molecule has 2 heterocycles. The molecule has 1 saturated heterocycles. The molecule has 110 valence electrons. The first kappa shape index (κ1) is 13.8. The molecule has 0 radical (unpaired) electrons. The molecule has 3 rings (SSSR count). The van der Waals surface area contributed by atoms with Crippen molar-refractivity contribution >= 4 is 22.5 Å². The number of fused-ring (bicyclic) bond motifs is 1. The van der Waals surface area contributed by atoms with Gasteiger partial charge in [0.15, 0.2) is 0 Å². The summed E-state index contributed by atoms with van der Waals surface area (Å²) in [7, 11) is 1.96. The van der Waals surface area contributed by atoms with E-state index in [9.17, 15) is 9.18 Å². The summed E-state index contributed by atoms with van der Waals surface area (Å²) >= 11 is 0. The number of pyridine rings is 1. The highest BCUT2D eigenvalue weighted by atomic mass is 19.1. The van der Waals surface area contributed by atoms with Crippen molar-refractivity contribution < 1.29 is 9.18 Å². The molecule has 1 aromatic heterocycles. The molecule has 1 amide bonds. The number of likely N-dealkylation sites (N-methyl/N-ethyl adjacent to an activating group) is 1. The molecule has 1 fully saturated rings. The van der Waals surface area contributed by atoms with Crippen molar-refractivity contribution in [2.24, 2.45) is 0 Å². The molecule has 2 aromatic rings. The molecule has 1 aromatic carbocycles. The molecule has 0 atom stereocenters. The number of aromatic nitrogens is 1. The van der Waals surface area contributed by atoms with Crippen molar-refractivity contribution in [2.75, 3.05) is 31.6 Å². The van der Waals surface area contributed by atoms with Crippen LogP contribution in [0.4, 0.5) is 10.1 Å². The van der Waals surface area contributed by atoms with E-state index in [4.69, 9.17) is 0 Å². The molecule has 21 heavy (non-hydrogen) atoms. The van der Waals surface area contributed by atoms with E-state index in [2.05, 4.69) is 9.88 Å². The Morgan fingerprint density at radius 2 is 2.24 bits per heavy atom. The van der Waals surface area contributed by atoms with Gasteiger partial charge >= 0.3 is 0 Å². The number of benzene rings is 1. The Bertz CT molecular complexity index is 674. The summed E-state index contributed by atoms with van der Waals surface area (Å²) in [5, 5.41) is 0.799. The lowest BCUT2D eigenvalue weighted by atomic mass is 10.1. The fourth-order valence-corrected chi connectivity index (χ4v) is 2.79. The number of likely N-dealkylation sites (tertiary alicyclic amines) is 1. The first-order valence-corrected chi connectivity index (χ1v) is 7.19. The average Bonchev–Trinajstić information content (AvgIpc) is 2.90. The Kier molecular flexibility index (Phi) is 3.73. The Balaban J connectivity index is 1.80. The zero-order valence-corrected chi connectivity index (χ0v) is 12.1. The van der Waals surface area contributed by atoms with Gasteiger partial charge in [-0.05, 0) is 18.6 Å². The second kappa shape index (κ2) is 5.68. The topological polar surface area (TPSA) is 36.4 Å². The van der Waals surface area contributed by atoms with Crippen LogP contribution < -0.4 is 4.90 Å². The normalized spacial score (nSPS) is 15.0. The minimum atomic E-state index is -0.308. The number of hydrogen-bond acceptors (Lipinski definition) is 3. The number of nitrogens with zero attached hydrogens (tertiary/aromatic N) is 3. The number of halogens is 1. The number of amides is 1. The third-order valence-electron chi connectivity index (χ3n) is 3.99. The fraction of sp³-hybridized carbons (Fsp3) is 0.375. The van der Waals surface area contributed by atoms with Gasteiger partial charge in [0.1, 0.15) is 11.3 Å². The van der Waals surface area contributed by atoms with E-state index in [1.807, 2.05) is 24.1 Å². The van der Waals surface area contributed by atoms with E-state index >= 15 is 0 Å². The van der Waals surface area contributed by atoms with Crippen LogP contribution in [0.5, 0.6) is 0 Å². The van der Waals surface area contributed by atoms with Crippen molar-refractivity contribution in [3.63, 3.8) is 0 Å². The third kappa shape index (κ3) is 2.68. The van der Waals surface area contributed by atoms with Gasteiger partial charge < -0.3 is 9.80 Å². The first-order chi connectivity index (χ1) is 10.2. The van der Waals surface area contributed by atoms with Crippen molar-refractivity contribution in [3.05, 3.63) is 36.3 Å². The molecule has 5 heteroatoms. The maximum Gasteiger partial charge on any atom is 0.222 e. The molecule has 0 spiro atoms. The molecule has 0 unspecified atom stereocenters. The zero-order chi connectivity index (χ0) is 14.8. The molecular formula is C16H18FN3O. The summed E-state index contributed by atoms with van der Waals surface area (Å²) in [4.78, 5) is 19.7. The number of anilines is 1. The quantitative estimate of drug-likeness (QED) is 0.866. The molecule has 0 bridgehead atoms. The summed E-state index contributed by atoms with van der Waals surface area (Å²) < 4.78 is 13.8. The van der Waals surface area contributed by atoms with Crippen LogP contribution in [-0.4, -0.2) is 42.5 Å². The first-order valence-electron chi connectivity index (χ1n) is 7.19. The van der Waals surface area contributed by atoms with E-state index in [1.165, 1.54) is 6.07 Å². The Hall–Kier alpha value is -2.17. The van der Waals surface area contributed by atoms with Gasteiger partial charge in [0.05, 0.1) is 0 Å². The summed E-state index contributed by atoms with van der Waals surface area (Å²) in [6, 6.07) is 6.87. The molecule has 1 aliphatic rings. The van der Waals surface area contributed by atoms with Crippen molar-refractivity contribution in [3.8, 4) is 0 Å². The number of para-hydroxylation sites is 1. The highest BCUT2D eigenvalue weighted by molar-refractivity contribution is 5.91. The molecule has 0 N–H and O–H groups in total. The Labute approximate surface area is 123 Å². The van der Waals surface area contributed by atoms with Crippen LogP contribution in [0.2, 0.25) is 0 Å². The average molecular weight is 287 g/mol. The summed E-state index contributed by atoms with van der Waals surface area (Å²) in [6.07, 6.45) is 3.23. The third-order valence-corrected chi connectivity index (χ3v) is 3.99. The lowest BCUT2D eigenvalue weighted by Crippen LogP contribution is -2.34. The van der Waals surface area contributed by atoms with Crippen molar-refractivity contribution in [2.45, 2.75) is 12.8 Å². The Morgan fingerprint density at radius 3 is 3.00 bits per heavy atom. The van der Waals surface area contributed by atoms with Crippen LogP contribution >= 0.6 is 0 Å². The van der Waals surface area contributed by atoms with Crippen LogP contribution in [0.3, 0.4) is 0 Å². The molecule has 0 saturated carbocycles. The van der Waals surface area contributed by atoms with E-state index < -0.39 is 0 Å². The van der Waals surface area contributed by atoms with Crippen LogP contribution in [0, 0.1) is 5.82 Å². The van der Waals surface area contributed by atoms with Gasteiger partial charge in [-0.1, -0.05) is 12.1 Å². The zero-order valence-electron chi connectivity index (χ0n) is 12.1. The van der Waals surface area contributed by atoms with Crippen LogP contribution in [0.1, 0.15) is 12.8 Å². The predicted molar refractivity (Wildman–Crippen MR) is 80.8 cm³/mol. The highest BCUT2D eigenvalue weighted by Gasteiger charge is 2.20. The van der Waals surface area contributed by atoms with E-state index in [0.29, 0.717) is 18.5 Å². The molecule has 1 aliphatic heterocycles. The summed E-state index contributed by atoms with van der Waals surface area (Å²) in [6.45, 7) is 2.27. The van der Waals surface area contributed by atoms with E-state index in [0.717, 1.165) is 30.6 Å². The van der Waals surface area contributed by atoms with Gasteiger partial charge in [-0.15, -0.1) is 0 Å². The smallest absolute Gasteiger partial charge is 0.222 e.